The van der Waals surface area contributed by atoms with E-state index < -0.39 is 5.97 Å². The number of carboxylic acids is 1. The predicted octanol–water partition coefficient (Wildman–Crippen LogP) is 2.72. The van der Waals surface area contributed by atoms with Crippen LogP contribution in [0.4, 0.5) is 0 Å². The molecule has 2 aromatic heterocycles. The lowest BCUT2D eigenvalue weighted by atomic mass is 10.1. The number of carboxylic acid groups (broad SMARTS) is 1. The maximum Gasteiger partial charge on any atom is 0.336 e. The summed E-state index contributed by atoms with van der Waals surface area (Å²) in [5.74, 6) is 0.301. The molecule has 0 atom stereocenters. The number of nitrogens with zero attached hydrogens (tertiary/aromatic N) is 3. The van der Waals surface area contributed by atoms with Gasteiger partial charge in [0.1, 0.15) is 0 Å². The first kappa shape index (κ1) is 13.4. The van der Waals surface area contributed by atoms with Crippen molar-refractivity contribution >= 4 is 16.9 Å². The van der Waals surface area contributed by atoms with Crippen molar-refractivity contribution in [2.24, 2.45) is 0 Å². The Labute approximate surface area is 121 Å². The molecule has 0 unspecified atom stereocenters. The number of aromatic carboxylic acids is 1. The van der Waals surface area contributed by atoms with Crippen LogP contribution in [0.1, 0.15) is 35.4 Å². The van der Waals surface area contributed by atoms with Gasteiger partial charge in [-0.2, -0.15) is 4.98 Å². The first-order valence-electron chi connectivity index (χ1n) is 6.81. The third kappa shape index (κ3) is 2.52. The van der Waals surface area contributed by atoms with Gasteiger partial charge in [-0.15, -0.1) is 0 Å². The van der Waals surface area contributed by atoms with Crippen LogP contribution in [0.5, 0.6) is 0 Å². The molecule has 0 spiro atoms. The van der Waals surface area contributed by atoms with Crippen LogP contribution in [0.25, 0.3) is 10.9 Å². The van der Waals surface area contributed by atoms with Crippen LogP contribution in [0.15, 0.2) is 35.0 Å². The van der Waals surface area contributed by atoms with E-state index in [0.29, 0.717) is 29.2 Å². The Morgan fingerprint density at radius 2 is 2.24 bits per heavy atom. The smallest absolute Gasteiger partial charge is 0.336 e. The first-order valence-corrected chi connectivity index (χ1v) is 6.81. The van der Waals surface area contributed by atoms with Crippen molar-refractivity contribution in [3.8, 4) is 0 Å². The molecule has 3 aromatic rings. The van der Waals surface area contributed by atoms with E-state index in [9.17, 15) is 9.90 Å². The van der Waals surface area contributed by atoms with Crippen LogP contribution in [-0.2, 0) is 13.0 Å². The molecule has 6 heteroatoms. The third-order valence-corrected chi connectivity index (χ3v) is 3.33. The summed E-state index contributed by atoms with van der Waals surface area (Å²) >= 11 is 0. The van der Waals surface area contributed by atoms with E-state index in [1.807, 2.05) is 16.8 Å². The zero-order chi connectivity index (χ0) is 14.8. The Bertz CT molecular complexity index is 788. The molecule has 0 aliphatic heterocycles. The molecule has 1 aromatic carbocycles. The molecule has 3 rings (SSSR count). The quantitative estimate of drug-likeness (QED) is 0.779. The van der Waals surface area contributed by atoms with E-state index in [2.05, 4.69) is 17.1 Å². The number of carbonyl (C=O) groups is 1. The summed E-state index contributed by atoms with van der Waals surface area (Å²) < 4.78 is 7.08. The van der Waals surface area contributed by atoms with Gasteiger partial charge in [0.15, 0.2) is 5.82 Å². The van der Waals surface area contributed by atoms with Crippen molar-refractivity contribution in [2.45, 2.75) is 26.3 Å². The Hall–Kier alpha value is -2.63. The van der Waals surface area contributed by atoms with Gasteiger partial charge in [0.2, 0.25) is 5.89 Å². The van der Waals surface area contributed by atoms with Gasteiger partial charge in [-0.1, -0.05) is 18.1 Å². The molecule has 0 amide bonds. The number of hydrogen-bond acceptors (Lipinski definition) is 4. The van der Waals surface area contributed by atoms with Crippen molar-refractivity contribution in [1.82, 2.24) is 14.7 Å². The molecule has 6 nitrogen and oxygen atoms in total. The summed E-state index contributed by atoms with van der Waals surface area (Å²) in [6, 6.07) is 7.02. The second kappa shape index (κ2) is 5.40. The molecular formula is C15H15N3O3. The minimum Gasteiger partial charge on any atom is -0.478 e. The van der Waals surface area contributed by atoms with Crippen LogP contribution in [0.2, 0.25) is 0 Å². The lowest BCUT2D eigenvalue weighted by Gasteiger charge is -2.02. The highest BCUT2D eigenvalue weighted by Crippen LogP contribution is 2.21. The summed E-state index contributed by atoms with van der Waals surface area (Å²) in [4.78, 5) is 15.5. The highest BCUT2D eigenvalue weighted by molar-refractivity contribution is 6.02. The van der Waals surface area contributed by atoms with Crippen LogP contribution in [-0.4, -0.2) is 25.8 Å². The molecule has 0 bridgehead atoms. The zero-order valence-corrected chi connectivity index (χ0v) is 11.6. The molecule has 0 saturated carbocycles. The molecule has 2 heterocycles. The van der Waals surface area contributed by atoms with Gasteiger partial charge < -0.3 is 14.2 Å². The highest BCUT2D eigenvalue weighted by Gasteiger charge is 2.12. The number of benzene rings is 1. The van der Waals surface area contributed by atoms with E-state index >= 15 is 0 Å². The number of fused-ring (bicyclic) bond motifs is 1. The van der Waals surface area contributed by atoms with E-state index in [1.54, 1.807) is 18.2 Å². The van der Waals surface area contributed by atoms with Gasteiger partial charge in [-0.05, 0) is 24.6 Å². The van der Waals surface area contributed by atoms with Gasteiger partial charge in [-0.3, -0.25) is 0 Å². The summed E-state index contributed by atoms with van der Waals surface area (Å²) in [5.41, 5.74) is 1.14. The third-order valence-electron chi connectivity index (χ3n) is 3.33. The van der Waals surface area contributed by atoms with E-state index in [-0.39, 0.29) is 0 Å². The van der Waals surface area contributed by atoms with E-state index in [1.165, 1.54) is 0 Å². The fourth-order valence-corrected chi connectivity index (χ4v) is 2.37. The second-order valence-electron chi connectivity index (χ2n) is 4.84. The molecule has 0 aliphatic rings. The van der Waals surface area contributed by atoms with Gasteiger partial charge in [0.25, 0.3) is 0 Å². The SMILES string of the molecule is CCCc1nc(Cn2ccc3c(C(=O)O)cccc32)no1. The molecule has 0 aliphatic carbocycles. The largest absolute Gasteiger partial charge is 0.478 e. The lowest BCUT2D eigenvalue weighted by molar-refractivity contribution is 0.0699. The van der Waals surface area contributed by atoms with Crippen LogP contribution < -0.4 is 0 Å². The van der Waals surface area contributed by atoms with Crippen molar-refractivity contribution in [3.63, 3.8) is 0 Å². The van der Waals surface area contributed by atoms with Crippen molar-refractivity contribution in [3.05, 3.63) is 47.7 Å². The Kier molecular flexibility index (Phi) is 3.43. The first-order chi connectivity index (χ1) is 10.2. The fourth-order valence-electron chi connectivity index (χ4n) is 2.37. The molecule has 0 fully saturated rings. The van der Waals surface area contributed by atoms with Crippen LogP contribution >= 0.6 is 0 Å². The number of aromatic nitrogens is 3. The van der Waals surface area contributed by atoms with E-state index in [4.69, 9.17) is 4.52 Å². The molecule has 21 heavy (non-hydrogen) atoms. The standard InChI is InChI=1S/C15H15N3O3/c1-2-4-14-16-13(17-21-14)9-18-8-7-10-11(15(19)20)5-3-6-12(10)18/h3,5-8H,2,4,9H2,1H3,(H,19,20). The highest BCUT2D eigenvalue weighted by atomic mass is 16.5. The molecule has 0 saturated heterocycles. The summed E-state index contributed by atoms with van der Waals surface area (Å²) in [6.07, 6.45) is 3.56. The maximum absolute atomic E-state index is 11.2. The Morgan fingerprint density at radius 3 is 3.00 bits per heavy atom. The normalized spacial score (nSPS) is 11.1. The topological polar surface area (TPSA) is 81.2 Å². The van der Waals surface area contributed by atoms with Gasteiger partial charge >= 0.3 is 5.97 Å². The average Bonchev–Trinajstić information content (AvgIpc) is 3.07. The molecule has 1 N–H and O–H groups in total. The molecule has 108 valence electrons. The van der Waals surface area contributed by atoms with Crippen LogP contribution in [0, 0.1) is 0 Å². The minimum atomic E-state index is -0.928. The molecular weight excluding hydrogens is 270 g/mol. The summed E-state index contributed by atoms with van der Waals surface area (Å²) in [7, 11) is 0. The summed E-state index contributed by atoms with van der Waals surface area (Å²) in [6.45, 7) is 2.51. The van der Waals surface area contributed by atoms with Crippen molar-refractivity contribution in [2.75, 3.05) is 0 Å². The van der Waals surface area contributed by atoms with Crippen LogP contribution in [0.3, 0.4) is 0 Å². The number of rotatable bonds is 5. The fraction of sp³-hybridized carbons (Fsp3) is 0.267. The minimum absolute atomic E-state index is 0.297. The monoisotopic (exact) mass is 285 g/mol. The van der Waals surface area contributed by atoms with Gasteiger partial charge in [-0.25, -0.2) is 4.79 Å². The maximum atomic E-state index is 11.2. The predicted molar refractivity (Wildman–Crippen MR) is 76.3 cm³/mol. The van der Waals surface area contributed by atoms with Gasteiger partial charge in [0, 0.05) is 23.5 Å². The average molecular weight is 285 g/mol. The zero-order valence-electron chi connectivity index (χ0n) is 11.6. The molecule has 0 radical (unpaired) electrons. The summed E-state index contributed by atoms with van der Waals surface area (Å²) in [5, 5.41) is 13.9. The lowest BCUT2D eigenvalue weighted by Crippen LogP contribution is -2.01. The Morgan fingerprint density at radius 1 is 1.38 bits per heavy atom. The van der Waals surface area contributed by atoms with Gasteiger partial charge in [0.05, 0.1) is 12.1 Å². The second-order valence-corrected chi connectivity index (χ2v) is 4.84. The Balaban J connectivity index is 1.93. The van der Waals surface area contributed by atoms with Crippen molar-refractivity contribution < 1.29 is 14.4 Å². The number of aryl methyl sites for hydroxylation is 1. The number of hydrogen-bond donors (Lipinski definition) is 1. The van der Waals surface area contributed by atoms with E-state index in [0.717, 1.165) is 18.4 Å². The van der Waals surface area contributed by atoms with Crippen molar-refractivity contribution in [1.29, 1.82) is 0 Å².